The van der Waals surface area contributed by atoms with Crippen molar-refractivity contribution in [3.8, 4) is 0 Å². The molecule has 3 rings (SSSR count). The van der Waals surface area contributed by atoms with Crippen LogP contribution in [0.4, 0.5) is 11.4 Å². The molecule has 1 saturated heterocycles. The number of nitrogens with zero attached hydrogens (tertiary/aromatic N) is 1. The Bertz CT molecular complexity index is 1050. The van der Waals surface area contributed by atoms with Gasteiger partial charge in [0, 0.05) is 10.7 Å². The summed E-state index contributed by atoms with van der Waals surface area (Å²) in [7, 11) is -3.74. The number of halogens is 2. The average molecular weight is 427 g/mol. The van der Waals surface area contributed by atoms with Crippen molar-refractivity contribution in [2.24, 2.45) is 5.92 Å². The number of hydrogen-bond donors (Lipinski definition) is 1. The fourth-order valence-electron chi connectivity index (χ4n) is 2.77. The van der Waals surface area contributed by atoms with Gasteiger partial charge in [0.25, 0.3) is 5.91 Å². The van der Waals surface area contributed by atoms with Crippen LogP contribution >= 0.6 is 23.2 Å². The van der Waals surface area contributed by atoms with E-state index in [1.165, 1.54) is 18.2 Å². The maximum atomic E-state index is 12.5. The number of amides is 2. The van der Waals surface area contributed by atoms with Gasteiger partial charge >= 0.3 is 0 Å². The van der Waals surface area contributed by atoms with Gasteiger partial charge in [-0.15, -0.1) is 0 Å². The van der Waals surface area contributed by atoms with Gasteiger partial charge in [-0.1, -0.05) is 36.2 Å². The molecule has 0 aromatic heterocycles. The zero-order chi connectivity index (χ0) is 19.9. The highest BCUT2D eigenvalue weighted by Crippen LogP contribution is 2.31. The van der Waals surface area contributed by atoms with Gasteiger partial charge in [0.15, 0.2) is 0 Å². The van der Waals surface area contributed by atoms with Gasteiger partial charge in [0.1, 0.15) is 0 Å². The maximum absolute atomic E-state index is 12.5. The van der Waals surface area contributed by atoms with E-state index in [0.717, 1.165) is 9.87 Å². The van der Waals surface area contributed by atoms with Gasteiger partial charge in [-0.25, -0.2) is 12.7 Å². The van der Waals surface area contributed by atoms with Crippen LogP contribution in [0.2, 0.25) is 10.0 Å². The molecule has 1 aliphatic rings. The lowest BCUT2D eigenvalue weighted by Gasteiger charge is -2.16. The summed E-state index contributed by atoms with van der Waals surface area (Å²) < 4.78 is 25.1. The van der Waals surface area contributed by atoms with Crippen LogP contribution in [0, 0.1) is 12.8 Å². The SMILES string of the molecule is Cc1ccc(NC(=O)c2ccc(N3C(=O)C(C)CS3(=O)=O)cc2Cl)cc1Cl. The standard InChI is InChI=1S/C18H16Cl2N2O4S/c1-10-3-4-12(7-15(10)19)21-17(23)14-6-5-13(8-16(14)20)22-18(24)11(2)9-27(22,25)26/h3-8,11H,9H2,1-2H3,(H,21,23). The fraction of sp³-hybridized carbons (Fsp3) is 0.222. The van der Waals surface area contributed by atoms with Crippen molar-refractivity contribution < 1.29 is 18.0 Å². The lowest BCUT2D eigenvalue weighted by Crippen LogP contribution is -2.30. The van der Waals surface area contributed by atoms with E-state index in [2.05, 4.69) is 5.32 Å². The van der Waals surface area contributed by atoms with E-state index in [1.807, 2.05) is 6.92 Å². The van der Waals surface area contributed by atoms with Crippen LogP contribution in [-0.2, 0) is 14.8 Å². The first-order chi connectivity index (χ1) is 12.6. The van der Waals surface area contributed by atoms with Crippen LogP contribution in [0.1, 0.15) is 22.8 Å². The summed E-state index contributed by atoms with van der Waals surface area (Å²) >= 11 is 12.2. The second-order valence-electron chi connectivity index (χ2n) is 6.36. The molecule has 6 nitrogen and oxygen atoms in total. The third-order valence-corrected chi connectivity index (χ3v) is 6.81. The molecule has 1 fully saturated rings. The number of nitrogens with one attached hydrogen (secondary N) is 1. The third kappa shape index (κ3) is 3.81. The van der Waals surface area contributed by atoms with Crippen LogP contribution < -0.4 is 9.62 Å². The van der Waals surface area contributed by atoms with Crippen molar-refractivity contribution in [2.45, 2.75) is 13.8 Å². The zero-order valence-electron chi connectivity index (χ0n) is 14.5. The van der Waals surface area contributed by atoms with Crippen LogP contribution in [0.3, 0.4) is 0 Å². The molecule has 27 heavy (non-hydrogen) atoms. The number of anilines is 2. The Morgan fingerprint density at radius 2 is 1.85 bits per heavy atom. The van der Waals surface area contributed by atoms with Crippen molar-refractivity contribution in [3.05, 3.63) is 57.6 Å². The summed E-state index contributed by atoms with van der Waals surface area (Å²) in [6, 6.07) is 9.16. The summed E-state index contributed by atoms with van der Waals surface area (Å²) in [6.45, 7) is 3.40. The third-order valence-electron chi connectivity index (χ3n) is 4.22. The van der Waals surface area contributed by atoms with Gasteiger partial charge in [-0.05, 0) is 42.8 Å². The van der Waals surface area contributed by atoms with E-state index < -0.39 is 27.8 Å². The van der Waals surface area contributed by atoms with E-state index in [-0.39, 0.29) is 22.0 Å². The fourth-order valence-corrected chi connectivity index (χ4v) is 5.02. The Kier molecular flexibility index (Phi) is 5.20. The quantitative estimate of drug-likeness (QED) is 0.806. The largest absolute Gasteiger partial charge is 0.322 e. The van der Waals surface area contributed by atoms with Gasteiger partial charge < -0.3 is 5.32 Å². The lowest BCUT2D eigenvalue weighted by molar-refractivity contribution is -0.119. The molecule has 0 radical (unpaired) electrons. The minimum Gasteiger partial charge on any atom is -0.322 e. The van der Waals surface area contributed by atoms with Gasteiger partial charge in [0.05, 0.1) is 27.9 Å². The highest BCUT2D eigenvalue weighted by atomic mass is 35.5. The molecular weight excluding hydrogens is 411 g/mol. The van der Waals surface area contributed by atoms with Crippen molar-refractivity contribution >= 4 is 56.4 Å². The van der Waals surface area contributed by atoms with Gasteiger partial charge in [-0.2, -0.15) is 0 Å². The molecule has 1 atom stereocenters. The Balaban J connectivity index is 1.87. The second kappa shape index (κ2) is 7.14. The Labute approximate surface area is 167 Å². The Hall–Kier alpha value is -2.09. The summed E-state index contributed by atoms with van der Waals surface area (Å²) in [5.41, 5.74) is 1.64. The topological polar surface area (TPSA) is 83.6 Å². The lowest BCUT2D eigenvalue weighted by atomic mass is 10.1. The first-order valence-electron chi connectivity index (χ1n) is 8.04. The monoisotopic (exact) mass is 426 g/mol. The van der Waals surface area contributed by atoms with Crippen LogP contribution in [0.5, 0.6) is 0 Å². The normalized spacial score (nSPS) is 18.6. The predicted octanol–water partition coefficient (Wildman–Crippen LogP) is 3.87. The van der Waals surface area contributed by atoms with E-state index in [9.17, 15) is 18.0 Å². The molecule has 2 aromatic carbocycles. The molecule has 9 heteroatoms. The highest BCUT2D eigenvalue weighted by Gasteiger charge is 2.42. The molecule has 0 aliphatic carbocycles. The van der Waals surface area contributed by atoms with Gasteiger partial charge in [0.2, 0.25) is 15.9 Å². The molecule has 2 amide bonds. The maximum Gasteiger partial charge on any atom is 0.257 e. The molecule has 1 unspecified atom stereocenters. The van der Waals surface area contributed by atoms with Crippen molar-refractivity contribution in [3.63, 3.8) is 0 Å². The minimum absolute atomic E-state index is 0.0331. The first-order valence-corrected chi connectivity index (χ1v) is 10.4. The molecular formula is C18H16Cl2N2O4S. The summed E-state index contributed by atoms with van der Waals surface area (Å²) in [5.74, 6) is -1.86. The smallest absolute Gasteiger partial charge is 0.257 e. The summed E-state index contributed by atoms with van der Waals surface area (Å²) in [5, 5.41) is 3.23. The zero-order valence-corrected chi connectivity index (χ0v) is 16.8. The van der Waals surface area contributed by atoms with Gasteiger partial charge in [-0.3, -0.25) is 9.59 Å². The number of carbonyl (C=O) groups is 2. The van der Waals surface area contributed by atoms with Crippen molar-refractivity contribution in [2.75, 3.05) is 15.4 Å². The number of rotatable bonds is 3. The predicted molar refractivity (Wildman–Crippen MR) is 106 cm³/mol. The van der Waals surface area contributed by atoms with E-state index in [4.69, 9.17) is 23.2 Å². The summed E-state index contributed by atoms with van der Waals surface area (Å²) in [4.78, 5) is 24.6. The molecule has 0 spiro atoms. The highest BCUT2D eigenvalue weighted by molar-refractivity contribution is 7.94. The molecule has 1 aliphatic heterocycles. The van der Waals surface area contributed by atoms with E-state index in [1.54, 1.807) is 25.1 Å². The van der Waals surface area contributed by atoms with E-state index in [0.29, 0.717) is 10.7 Å². The van der Waals surface area contributed by atoms with Crippen LogP contribution in [0.25, 0.3) is 0 Å². The minimum atomic E-state index is -3.74. The molecule has 0 saturated carbocycles. The molecule has 142 valence electrons. The second-order valence-corrected chi connectivity index (χ2v) is 9.04. The number of benzene rings is 2. The first kappa shape index (κ1) is 19.7. The summed E-state index contributed by atoms with van der Waals surface area (Å²) in [6.07, 6.45) is 0. The van der Waals surface area contributed by atoms with Crippen molar-refractivity contribution in [1.29, 1.82) is 0 Å². The number of carbonyl (C=O) groups excluding carboxylic acids is 2. The Morgan fingerprint density at radius 3 is 2.41 bits per heavy atom. The molecule has 1 heterocycles. The number of aryl methyl sites for hydroxylation is 1. The number of hydrogen-bond acceptors (Lipinski definition) is 4. The van der Waals surface area contributed by atoms with Crippen LogP contribution in [-0.4, -0.2) is 26.0 Å². The number of sulfonamides is 1. The van der Waals surface area contributed by atoms with E-state index >= 15 is 0 Å². The molecule has 1 N–H and O–H groups in total. The van der Waals surface area contributed by atoms with Crippen molar-refractivity contribution in [1.82, 2.24) is 0 Å². The molecule has 2 aromatic rings. The average Bonchev–Trinajstić information content (AvgIpc) is 2.78. The Morgan fingerprint density at radius 1 is 1.15 bits per heavy atom. The molecule has 0 bridgehead atoms. The van der Waals surface area contributed by atoms with Crippen LogP contribution in [0.15, 0.2) is 36.4 Å².